The molecule has 3 N–H and O–H groups in total. The second kappa shape index (κ2) is 7.80. The van der Waals surface area contributed by atoms with E-state index in [1.54, 1.807) is 19.5 Å². The molecule has 1 atom stereocenters. The van der Waals surface area contributed by atoms with Gasteiger partial charge in [-0.15, -0.1) is 0 Å². The minimum absolute atomic E-state index is 0.145. The summed E-state index contributed by atoms with van der Waals surface area (Å²) in [5.41, 5.74) is 4.02. The van der Waals surface area contributed by atoms with E-state index in [9.17, 15) is 5.11 Å². The first-order valence-electron chi connectivity index (χ1n) is 9.10. The van der Waals surface area contributed by atoms with Crippen molar-refractivity contribution in [2.45, 2.75) is 19.9 Å². The van der Waals surface area contributed by atoms with Crippen LogP contribution >= 0.6 is 0 Å². The van der Waals surface area contributed by atoms with E-state index >= 15 is 0 Å². The molecule has 0 fully saturated rings. The average Bonchev–Trinajstić information content (AvgIpc) is 3.17. The van der Waals surface area contributed by atoms with Crippen LogP contribution in [0.1, 0.15) is 23.0 Å². The highest BCUT2D eigenvalue weighted by molar-refractivity contribution is 5.96. The molecule has 9 heteroatoms. The Labute approximate surface area is 167 Å². The predicted molar refractivity (Wildman–Crippen MR) is 109 cm³/mol. The monoisotopic (exact) mass is 391 g/mol. The molecule has 3 aromatic heterocycles. The lowest BCUT2D eigenvalue weighted by atomic mass is 10.1. The molecule has 0 radical (unpaired) electrons. The molecule has 148 valence electrons. The van der Waals surface area contributed by atoms with Gasteiger partial charge >= 0.3 is 0 Å². The number of benzene rings is 1. The van der Waals surface area contributed by atoms with E-state index in [4.69, 9.17) is 4.74 Å². The molecule has 0 bridgehead atoms. The van der Waals surface area contributed by atoms with Crippen LogP contribution in [0.5, 0.6) is 5.75 Å². The lowest BCUT2D eigenvalue weighted by molar-refractivity contribution is 0.274. The normalized spacial score (nSPS) is 12.1. The van der Waals surface area contributed by atoms with Crippen molar-refractivity contribution in [1.82, 2.24) is 30.1 Å². The number of ether oxygens (including phenoxy) is 1. The summed E-state index contributed by atoms with van der Waals surface area (Å²) in [4.78, 5) is 17.6. The second-order valence-corrected chi connectivity index (χ2v) is 6.74. The van der Waals surface area contributed by atoms with E-state index in [0.29, 0.717) is 28.6 Å². The van der Waals surface area contributed by atoms with Crippen LogP contribution in [0, 0.1) is 13.8 Å². The molecule has 0 aliphatic carbocycles. The first kappa shape index (κ1) is 18.8. The number of rotatable bonds is 6. The third kappa shape index (κ3) is 3.72. The summed E-state index contributed by atoms with van der Waals surface area (Å²) in [5.74, 6) is 1.72. The summed E-state index contributed by atoms with van der Waals surface area (Å²) in [6.45, 7) is 3.70. The van der Waals surface area contributed by atoms with Gasteiger partial charge < -0.3 is 15.2 Å². The number of aromatic amines is 1. The summed E-state index contributed by atoms with van der Waals surface area (Å²) < 4.78 is 5.55. The minimum atomic E-state index is -0.427. The molecule has 0 saturated heterocycles. The molecule has 0 saturated carbocycles. The number of hydrogen-bond donors (Lipinski definition) is 3. The fourth-order valence-electron chi connectivity index (χ4n) is 3.07. The Balaban J connectivity index is 1.81. The number of aryl methyl sites for hydroxylation is 2. The van der Waals surface area contributed by atoms with Crippen LogP contribution in [-0.4, -0.2) is 49.0 Å². The van der Waals surface area contributed by atoms with Crippen molar-refractivity contribution in [2.75, 3.05) is 19.0 Å². The maximum atomic E-state index is 9.88. The summed E-state index contributed by atoms with van der Waals surface area (Å²) in [6.07, 6.45) is 4.99. The Bertz CT molecular complexity index is 1140. The van der Waals surface area contributed by atoms with Crippen molar-refractivity contribution in [3.63, 3.8) is 0 Å². The van der Waals surface area contributed by atoms with Crippen molar-refractivity contribution in [3.05, 3.63) is 53.9 Å². The molecule has 0 spiro atoms. The second-order valence-electron chi connectivity index (χ2n) is 6.74. The number of nitrogens with zero attached hydrogens (tertiary/aromatic N) is 5. The third-order valence-corrected chi connectivity index (χ3v) is 4.54. The Hall–Kier alpha value is -3.59. The number of nitrogens with one attached hydrogen (secondary N) is 2. The molecule has 4 rings (SSSR count). The van der Waals surface area contributed by atoms with Crippen molar-refractivity contribution < 1.29 is 9.84 Å². The van der Waals surface area contributed by atoms with E-state index in [-0.39, 0.29) is 6.61 Å². The zero-order valence-electron chi connectivity index (χ0n) is 16.3. The fraction of sp³-hybridized carbons (Fsp3) is 0.250. The standard InChI is InChI=1S/C20H21N7O2/c1-11-7-21-19(22-8-11)13-5-14-18(17(6-13)29-3)23-10-24-20(14)25-16(9-28)15-4-12(2)26-27-15/h4-8,10,16,28H,9H2,1-3H3,(H,26,27)(H,23,24,25). The zero-order valence-corrected chi connectivity index (χ0v) is 16.3. The number of aromatic nitrogens is 6. The summed E-state index contributed by atoms with van der Waals surface area (Å²) >= 11 is 0. The molecule has 0 aliphatic heterocycles. The number of H-pyrrole nitrogens is 1. The minimum Gasteiger partial charge on any atom is -0.494 e. The van der Waals surface area contributed by atoms with Crippen LogP contribution in [0.25, 0.3) is 22.3 Å². The number of hydrogen-bond acceptors (Lipinski definition) is 8. The van der Waals surface area contributed by atoms with E-state index in [0.717, 1.165) is 22.2 Å². The van der Waals surface area contributed by atoms with Gasteiger partial charge in [0.05, 0.1) is 25.5 Å². The average molecular weight is 391 g/mol. The van der Waals surface area contributed by atoms with Gasteiger partial charge in [-0.1, -0.05) is 0 Å². The molecule has 1 unspecified atom stereocenters. The van der Waals surface area contributed by atoms with Crippen molar-refractivity contribution in [3.8, 4) is 17.1 Å². The molecule has 0 aliphatic rings. The van der Waals surface area contributed by atoms with Gasteiger partial charge in [0.1, 0.15) is 23.4 Å². The highest BCUT2D eigenvalue weighted by Gasteiger charge is 2.18. The molecule has 1 aromatic carbocycles. The topological polar surface area (TPSA) is 122 Å². The SMILES string of the molecule is COc1cc(-c2ncc(C)cn2)cc2c(NC(CO)c3cc(C)[nH]n3)ncnc12. The smallest absolute Gasteiger partial charge is 0.159 e. The van der Waals surface area contributed by atoms with Crippen LogP contribution in [-0.2, 0) is 0 Å². The van der Waals surface area contributed by atoms with Gasteiger partial charge in [-0.25, -0.2) is 19.9 Å². The molecule has 29 heavy (non-hydrogen) atoms. The predicted octanol–water partition coefficient (Wildman–Crippen LogP) is 2.58. The molecule has 9 nitrogen and oxygen atoms in total. The summed E-state index contributed by atoms with van der Waals surface area (Å²) in [5, 5.41) is 21.0. The van der Waals surface area contributed by atoms with Crippen molar-refractivity contribution >= 4 is 16.7 Å². The van der Waals surface area contributed by atoms with Crippen LogP contribution in [0.15, 0.2) is 36.9 Å². The quantitative estimate of drug-likeness (QED) is 0.458. The van der Waals surface area contributed by atoms with Crippen LogP contribution in [0.2, 0.25) is 0 Å². The number of fused-ring (bicyclic) bond motifs is 1. The molecule has 3 heterocycles. The van der Waals surface area contributed by atoms with Gasteiger partial charge in [-0.05, 0) is 37.6 Å². The zero-order chi connectivity index (χ0) is 20.4. The van der Waals surface area contributed by atoms with E-state index in [2.05, 4.69) is 35.5 Å². The molecule has 4 aromatic rings. The highest BCUT2D eigenvalue weighted by atomic mass is 16.5. The highest BCUT2D eigenvalue weighted by Crippen LogP contribution is 2.33. The van der Waals surface area contributed by atoms with E-state index in [1.807, 2.05) is 32.0 Å². The fourth-order valence-corrected chi connectivity index (χ4v) is 3.07. The lowest BCUT2D eigenvalue weighted by Crippen LogP contribution is -2.16. The number of aliphatic hydroxyl groups excluding tert-OH is 1. The number of methoxy groups -OCH3 is 1. The third-order valence-electron chi connectivity index (χ3n) is 4.54. The van der Waals surface area contributed by atoms with E-state index < -0.39 is 6.04 Å². The molecular weight excluding hydrogens is 370 g/mol. The summed E-state index contributed by atoms with van der Waals surface area (Å²) in [7, 11) is 1.59. The van der Waals surface area contributed by atoms with Crippen molar-refractivity contribution in [2.24, 2.45) is 0 Å². The molecular formula is C20H21N7O2. The van der Waals surface area contributed by atoms with Gasteiger partial charge in [0.2, 0.25) is 0 Å². The Morgan fingerprint density at radius 1 is 1.10 bits per heavy atom. The van der Waals surface area contributed by atoms with Crippen LogP contribution in [0.4, 0.5) is 5.82 Å². The van der Waals surface area contributed by atoms with E-state index in [1.165, 1.54) is 6.33 Å². The molecule has 0 amide bonds. The largest absolute Gasteiger partial charge is 0.494 e. The van der Waals surface area contributed by atoms with Crippen LogP contribution in [0.3, 0.4) is 0 Å². The first-order valence-corrected chi connectivity index (χ1v) is 9.10. The lowest BCUT2D eigenvalue weighted by Gasteiger charge is -2.17. The Morgan fingerprint density at radius 3 is 2.55 bits per heavy atom. The summed E-state index contributed by atoms with van der Waals surface area (Å²) in [6, 6.07) is 5.21. The maximum absolute atomic E-state index is 9.88. The Kier molecular flexibility index (Phi) is 5.05. The van der Waals surface area contributed by atoms with Gasteiger partial charge in [-0.2, -0.15) is 5.10 Å². The number of aliphatic hydroxyl groups is 1. The number of anilines is 1. The van der Waals surface area contributed by atoms with Gasteiger partial charge in [-0.3, -0.25) is 5.10 Å². The Morgan fingerprint density at radius 2 is 1.90 bits per heavy atom. The van der Waals surface area contributed by atoms with Crippen molar-refractivity contribution in [1.29, 1.82) is 0 Å². The van der Waals surface area contributed by atoms with Gasteiger partial charge in [0.25, 0.3) is 0 Å². The van der Waals surface area contributed by atoms with Gasteiger partial charge in [0, 0.05) is 29.0 Å². The van der Waals surface area contributed by atoms with Crippen LogP contribution < -0.4 is 10.1 Å². The maximum Gasteiger partial charge on any atom is 0.159 e. The van der Waals surface area contributed by atoms with Gasteiger partial charge in [0.15, 0.2) is 5.82 Å². The first-order chi connectivity index (χ1) is 14.1.